The van der Waals surface area contributed by atoms with E-state index in [1.807, 2.05) is 6.07 Å². The lowest BCUT2D eigenvalue weighted by Gasteiger charge is -1.98. The van der Waals surface area contributed by atoms with E-state index < -0.39 is 5.97 Å². The Balaban J connectivity index is 2.82. The number of nitrogens with zero attached hydrogens (tertiary/aromatic N) is 3. The predicted octanol–water partition coefficient (Wildman–Crippen LogP) is 0.833. The zero-order valence-corrected chi connectivity index (χ0v) is 8.21. The summed E-state index contributed by atoms with van der Waals surface area (Å²) in [6.45, 7) is 1.73. The molecule has 0 radical (unpaired) electrons. The number of aromatic nitrogens is 2. The van der Waals surface area contributed by atoms with E-state index in [1.54, 1.807) is 13.0 Å². The molecule has 14 heavy (non-hydrogen) atoms. The molecule has 1 rings (SSSR count). The van der Waals surface area contributed by atoms with Crippen molar-refractivity contribution in [3.8, 4) is 6.07 Å². The number of aryl methyl sites for hydroxylation is 1. The van der Waals surface area contributed by atoms with Crippen LogP contribution in [0.3, 0.4) is 0 Å². The molecule has 0 aliphatic rings. The molecule has 0 aromatic carbocycles. The van der Waals surface area contributed by atoms with Gasteiger partial charge in [-0.25, -0.2) is 9.97 Å². The minimum Gasteiger partial charge on any atom is -0.481 e. The molecular formula is C8H7N3O2S. The smallest absolute Gasteiger partial charge is 0.313 e. The minimum atomic E-state index is -0.932. The van der Waals surface area contributed by atoms with E-state index in [9.17, 15) is 4.79 Å². The summed E-state index contributed by atoms with van der Waals surface area (Å²) in [7, 11) is 0. The summed E-state index contributed by atoms with van der Waals surface area (Å²) in [6.07, 6.45) is 0. The van der Waals surface area contributed by atoms with Crippen molar-refractivity contribution < 1.29 is 9.90 Å². The van der Waals surface area contributed by atoms with Crippen LogP contribution in [0.25, 0.3) is 0 Å². The fourth-order valence-corrected chi connectivity index (χ4v) is 1.41. The number of nitriles is 1. The van der Waals surface area contributed by atoms with Gasteiger partial charge in [0.2, 0.25) is 0 Å². The first-order valence-electron chi connectivity index (χ1n) is 3.72. The highest BCUT2D eigenvalue weighted by Crippen LogP contribution is 2.13. The number of carboxylic acids is 1. The van der Waals surface area contributed by atoms with E-state index in [-0.39, 0.29) is 11.4 Å². The van der Waals surface area contributed by atoms with Crippen LogP contribution in [0.5, 0.6) is 0 Å². The molecule has 1 aromatic heterocycles. The van der Waals surface area contributed by atoms with Crippen molar-refractivity contribution in [3.63, 3.8) is 0 Å². The molecule has 0 aliphatic carbocycles. The number of thioether (sulfide) groups is 1. The van der Waals surface area contributed by atoms with Gasteiger partial charge in [0.05, 0.1) is 5.75 Å². The lowest BCUT2D eigenvalue weighted by atomic mass is 10.4. The largest absolute Gasteiger partial charge is 0.481 e. The Hall–Kier alpha value is -1.61. The van der Waals surface area contributed by atoms with E-state index in [0.717, 1.165) is 11.8 Å². The van der Waals surface area contributed by atoms with Crippen molar-refractivity contribution in [2.45, 2.75) is 12.1 Å². The lowest BCUT2D eigenvalue weighted by molar-refractivity contribution is -0.133. The normalized spacial score (nSPS) is 9.43. The molecule has 0 bridgehead atoms. The van der Waals surface area contributed by atoms with Crippen molar-refractivity contribution >= 4 is 17.7 Å². The van der Waals surface area contributed by atoms with Crippen molar-refractivity contribution in [2.24, 2.45) is 0 Å². The second kappa shape index (κ2) is 4.58. The highest BCUT2D eigenvalue weighted by molar-refractivity contribution is 7.99. The summed E-state index contributed by atoms with van der Waals surface area (Å²) in [5.41, 5.74) is 0.912. The van der Waals surface area contributed by atoms with Crippen LogP contribution in [-0.2, 0) is 4.79 Å². The molecular weight excluding hydrogens is 202 g/mol. The number of carbonyl (C=O) groups is 1. The van der Waals surface area contributed by atoms with Crippen LogP contribution in [0.4, 0.5) is 0 Å². The first-order valence-corrected chi connectivity index (χ1v) is 4.71. The van der Waals surface area contributed by atoms with E-state index in [0.29, 0.717) is 10.9 Å². The Morgan fingerprint density at radius 3 is 3.00 bits per heavy atom. The third kappa shape index (κ3) is 3.03. The molecule has 1 aromatic rings. The van der Waals surface area contributed by atoms with Crippen LogP contribution in [0, 0.1) is 18.3 Å². The lowest BCUT2D eigenvalue weighted by Crippen LogP contribution is -2.00. The van der Waals surface area contributed by atoms with Crippen molar-refractivity contribution in [3.05, 3.63) is 17.5 Å². The van der Waals surface area contributed by atoms with E-state index in [2.05, 4.69) is 9.97 Å². The molecule has 0 atom stereocenters. The van der Waals surface area contributed by atoms with Gasteiger partial charge in [0.1, 0.15) is 11.8 Å². The van der Waals surface area contributed by atoms with Crippen molar-refractivity contribution in [2.75, 3.05) is 5.75 Å². The molecule has 0 spiro atoms. The van der Waals surface area contributed by atoms with Crippen molar-refractivity contribution in [1.29, 1.82) is 5.26 Å². The highest BCUT2D eigenvalue weighted by Gasteiger charge is 2.04. The van der Waals surface area contributed by atoms with Crippen LogP contribution in [0.1, 0.15) is 11.4 Å². The Kier molecular flexibility index (Phi) is 3.42. The fraction of sp³-hybridized carbons (Fsp3) is 0.250. The SMILES string of the molecule is Cc1cc(C#N)nc(SCC(=O)O)n1. The van der Waals surface area contributed by atoms with Gasteiger partial charge in [-0.1, -0.05) is 11.8 Å². The summed E-state index contributed by atoms with van der Waals surface area (Å²) in [6, 6.07) is 3.43. The minimum absolute atomic E-state index is 0.103. The van der Waals surface area contributed by atoms with Gasteiger partial charge < -0.3 is 5.11 Å². The van der Waals surface area contributed by atoms with E-state index >= 15 is 0 Å². The molecule has 1 N–H and O–H groups in total. The van der Waals surface area contributed by atoms with Gasteiger partial charge in [-0.2, -0.15) is 5.26 Å². The maximum absolute atomic E-state index is 10.3. The maximum atomic E-state index is 10.3. The van der Waals surface area contributed by atoms with Gasteiger partial charge >= 0.3 is 5.97 Å². The van der Waals surface area contributed by atoms with Gasteiger partial charge in [-0.15, -0.1) is 0 Å². The summed E-state index contributed by atoms with van der Waals surface area (Å²) in [4.78, 5) is 18.1. The topological polar surface area (TPSA) is 86.9 Å². The molecule has 0 amide bonds. The van der Waals surface area contributed by atoms with E-state index in [4.69, 9.17) is 10.4 Å². The molecule has 5 nitrogen and oxygen atoms in total. The summed E-state index contributed by atoms with van der Waals surface area (Å²) < 4.78 is 0. The van der Waals surface area contributed by atoms with E-state index in [1.165, 1.54) is 0 Å². The summed E-state index contributed by atoms with van der Waals surface area (Å²) in [5.74, 6) is -1.03. The van der Waals surface area contributed by atoms with Crippen molar-refractivity contribution in [1.82, 2.24) is 9.97 Å². The fourth-order valence-electron chi connectivity index (χ4n) is 0.789. The van der Waals surface area contributed by atoms with Gasteiger partial charge in [0.15, 0.2) is 5.16 Å². The third-order valence-electron chi connectivity index (χ3n) is 1.27. The van der Waals surface area contributed by atoms with Gasteiger partial charge in [-0.3, -0.25) is 4.79 Å². The summed E-state index contributed by atoms with van der Waals surface area (Å²) in [5, 5.41) is 17.4. The Bertz CT molecular complexity index is 400. The monoisotopic (exact) mass is 209 g/mol. The average Bonchev–Trinajstić information content (AvgIpc) is 2.14. The Morgan fingerprint density at radius 2 is 2.43 bits per heavy atom. The highest BCUT2D eigenvalue weighted by atomic mass is 32.2. The number of hydrogen-bond donors (Lipinski definition) is 1. The zero-order valence-electron chi connectivity index (χ0n) is 7.39. The molecule has 0 saturated heterocycles. The zero-order chi connectivity index (χ0) is 10.6. The molecule has 0 fully saturated rings. The number of rotatable bonds is 3. The molecule has 72 valence electrons. The second-order valence-electron chi connectivity index (χ2n) is 2.47. The molecule has 1 heterocycles. The van der Waals surface area contributed by atoms with Gasteiger partial charge in [-0.05, 0) is 13.0 Å². The average molecular weight is 209 g/mol. The van der Waals surface area contributed by atoms with Gasteiger partial charge in [0, 0.05) is 5.69 Å². The molecule has 0 unspecified atom stereocenters. The second-order valence-corrected chi connectivity index (χ2v) is 3.41. The number of aliphatic carboxylic acids is 1. The number of carboxylic acid groups (broad SMARTS) is 1. The summed E-state index contributed by atoms with van der Waals surface area (Å²) >= 11 is 0.999. The quantitative estimate of drug-likeness (QED) is 0.586. The Labute approximate surface area is 84.8 Å². The third-order valence-corrected chi connectivity index (χ3v) is 2.11. The standard InChI is InChI=1S/C8H7N3O2S/c1-5-2-6(3-9)11-8(10-5)14-4-7(12)13/h2H,4H2,1H3,(H,12,13). The van der Waals surface area contributed by atoms with Crippen LogP contribution in [0.15, 0.2) is 11.2 Å². The van der Waals surface area contributed by atoms with Crippen LogP contribution >= 0.6 is 11.8 Å². The number of hydrogen-bond acceptors (Lipinski definition) is 5. The van der Waals surface area contributed by atoms with Crippen LogP contribution in [0.2, 0.25) is 0 Å². The van der Waals surface area contributed by atoms with Gasteiger partial charge in [0.25, 0.3) is 0 Å². The maximum Gasteiger partial charge on any atom is 0.313 e. The Morgan fingerprint density at radius 1 is 1.71 bits per heavy atom. The predicted molar refractivity (Wildman–Crippen MR) is 49.8 cm³/mol. The molecule has 0 aliphatic heterocycles. The van der Waals surface area contributed by atoms with Crippen LogP contribution in [-0.4, -0.2) is 26.8 Å². The first-order chi connectivity index (χ1) is 6.61. The van der Waals surface area contributed by atoms with Crippen LogP contribution < -0.4 is 0 Å². The molecule has 0 saturated carbocycles. The molecule has 6 heteroatoms. The first kappa shape index (κ1) is 10.5.